The molecule has 2 heterocycles. The Kier molecular flexibility index (Phi) is 8.87. The van der Waals surface area contributed by atoms with Crippen LogP contribution in [0.5, 0.6) is 0 Å². The van der Waals surface area contributed by atoms with Crippen LogP contribution in [0.3, 0.4) is 0 Å². The van der Waals surface area contributed by atoms with Crippen molar-refractivity contribution in [1.29, 1.82) is 0 Å². The van der Waals surface area contributed by atoms with Gasteiger partial charge in [0.15, 0.2) is 0 Å². The van der Waals surface area contributed by atoms with E-state index in [2.05, 4.69) is 4.52 Å². The van der Waals surface area contributed by atoms with Crippen LogP contribution in [0, 0.1) is 11.8 Å². The molecule has 13 heteroatoms. The maximum absolute atomic E-state index is 12.4. The van der Waals surface area contributed by atoms with Gasteiger partial charge in [-0.15, -0.1) is 0 Å². The summed E-state index contributed by atoms with van der Waals surface area (Å²) in [5.74, 6) is -0.531. The zero-order valence-electron chi connectivity index (χ0n) is 17.4. The summed E-state index contributed by atoms with van der Waals surface area (Å²) in [7, 11) is -6.82. The molecule has 11 nitrogen and oxygen atoms in total. The Morgan fingerprint density at radius 3 is 1.69 bits per heavy atom. The predicted octanol–water partition coefficient (Wildman–Crippen LogP) is 0.850. The molecule has 0 saturated carbocycles. The third kappa shape index (κ3) is 6.54. The van der Waals surface area contributed by atoms with E-state index in [0.717, 1.165) is 7.11 Å². The molecule has 4 unspecified atom stereocenters. The fourth-order valence-electron chi connectivity index (χ4n) is 3.46. The number of phosphoric ester groups is 2. The normalized spacial score (nSPS) is 41.9. The lowest BCUT2D eigenvalue weighted by atomic mass is 10.00. The average molecular weight is 460 g/mol. The van der Waals surface area contributed by atoms with Crippen molar-refractivity contribution in [2.75, 3.05) is 27.4 Å². The molecule has 0 aromatic rings. The zero-order chi connectivity index (χ0) is 22.0. The highest BCUT2D eigenvalue weighted by Crippen LogP contribution is 2.48. The van der Waals surface area contributed by atoms with Gasteiger partial charge in [0, 0.05) is 26.1 Å². The first kappa shape index (κ1) is 25.4. The first-order valence-electron chi connectivity index (χ1n) is 9.39. The third-order valence-corrected chi connectivity index (χ3v) is 7.40. The van der Waals surface area contributed by atoms with E-state index < -0.39 is 46.7 Å². The summed E-state index contributed by atoms with van der Waals surface area (Å²) in [6, 6.07) is 0. The van der Waals surface area contributed by atoms with Crippen molar-refractivity contribution in [3.05, 3.63) is 0 Å². The van der Waals surface area contributed by atoms with Crippen molar-refractivity contribution >= 4 is 15.6 Å². The summed E-state index contributed by atoms with van der Waals surface area (Å²) in [5, 5.41) is 0. The molecule has 2 rings (SSSR count). The molecule has 0 bridgehead atoms. The maximum atomic E-state index is 12.4. The Morgan fingerprint density at radius 2 is 1.24 bits per heavy atom. The molecular weight excluding hydrogens is 430 g/mol. The van der Waals surface area contributed by atoms with Crippen LogP contribution < -0.4 is 9.79 Å². The third-order valence-electron chi connectivity index (χ3n) is 5.48. The molecular formula is C16H30O11P2-2. The van der Waals surface area contributed by atoms with Gasteiger partial charge in [-0.3, -0.25) is 9.13 Å². The van der Waals surface area contributed by atoms with E-state index in [-0.39, 0.29) is 30.7 Å². The van der Waals surface area contributed by atoms with Gasteiger partial charge in [-0.1, -0.05) is 13.8 Å². The Bertz CT molecular complexity index is 632. The van der Waals surface area contributed by atoms with Crippen LogP contribution in [-0.4, -0.2) is 64.1 Å². The lowest BCUT2D eigenvalue weighted by Gasteiger charge is -2.32. The Morgan fingerprint density at radius 1 is 0.793 bits per heavy atom. The van der Waals surface area contributed by atoms with Crippen molar-refractivity contribution in [2.24, 2.45) is 11.8 Å². The summed E-state index contributed by atoms with van der Waals surface area (Å²) >= 11 is 0. The monoisotopic (exact) mass is 460 g/mol. The highest BCUT2D eigenvalue weighted by atomic mass is 31.2. The maximum Gasteiger partial charge on any atom is 0.268 e. The molecule has 172 valence electrons. The summed E-state index contributed by atoms with van der Waals surface area (Å²) in [5.41, 5.74) is 0. The van der Waals surface area contributed by atoms with Gasteiger partial charge in [0.2, 0.25) is 0 Å². The van der Waals surface area contributed by atoms with Crippen molar-refractivity contribution in [2.45, 2.75) is 64.3 Å². The van der Waals surface area contributed by atoms with Crippen molar-refractivity contribution < 1.29 is 51.2 Å². The molecule has 0 spiro atoms. The lowest BCUT2D eigenvalue weighted by Crippen LogP contribution is -2.35. The molecule has 0 aromatic heterocycles. The second-order valence-corrected chi connectivity index (χ2v) is 10.3. The lowest BCUT2D eigenvalue weighted by molar-refractivity contribution is -0.237. The van der Waals surface area contributed by atoms with E-state index in [0.29, 0.717) is 0 Å². The fraction of sp³-hybridized carbons (Fsp3) is 1.00. The van der Waals surface area contributed by atoms with E-state index in [1.54, 1.807) is 13.8 Å². The summed E-state index contributed by atoms with van der Waals surface area (Å²) in [4.78, 5) is 24.1. The van der Waals surface area contributed by atoms with Crippen LogP contribution in [-0.2, 0) is 41.4 Å². The van der Waals surface area contributed by atoms with Crippen LogP contribution in [0.4, 0.5) is 0 Å². The quantitative estimate of drug-likeness (QED) is 0.428. The first-order valence-corrected chi connectivity index (χ1v) is 12.3. The fourth-order valence-corrected chi connectivity index (χ4v) is 5.19. The summed E-state index contributed by atoms with van der Waals surface area (Å²) in [6.45, 7) is 6.80. The number of phosphoric acid groups is 2. The smallest absolute Gasteiger partial charge is 0.268 e. The van der Waals surface area contributed by atoms with Gasteiger partial charge in [0.25, 0.3) is 15.6 Å². The summed E-state index contributed by atoms with van der Waals surface area (Å²) in [6.07, 6.45) is -3.79. The van der Waals surface area contributed by atoms with Gasteiger partial charge < -0.3 is 42.1 Å². The minimum Gasteiger partial charge on any atom is -0.756 e. The topological polar surface area (TPSA) is 145 Å². The molecule has 0 N–H and O–H groups in total. The second kappa shape index (κ2) is 10.1. The molecule has 10 atom stereocenters. The number of ether oxygens (including phenoxy) is 3. The van der Waals surface area contributed by atoms with E-state index in [1.165, 1.54) is 7.11 Å². The number of hydrogen-bond acceptors (Lipinski definition) is 11. The summed E-state index contributed by atoms with van der Waals surface area (Å²) < 4.78 is 60.0. The number of methoxy groups -OCH3 is 1. The van der Waals surface area contributed by atoms with Crippen LogP contribution in [0.2, 0.25) is 0 Å². The molecule has 0 amide bonds. The van der Waals surface area contributed by atoms with Crippen LogP contribution >= 0.6 is 15.6 Å². The van der Waals surface area contributed by atoms with Crippen molar-refractivity contribution in [3.63, 3.8) is 0 Å². The van der Waals surface area contributed by atoms with Gasteiger partial charge in [0.05, 0.1) is 37.6 Å². The van der Waals surface area contributed by atoms with Gasteiger partial charge in [0.1, 0.15) is 12.2 Å². The highest BCUT2D eigenvalue weighted by molar-refractivity contribution is 7.46. The van der Waals surface area contributed by atoms with E-state index >= 15 is 0 Å². The molecule has 0 radical (unpaired) electrons. The van der Waals surface area contributed by atoms with E-state index in [4.69, 9.17) is 27.8 Å². The molecule has 2 fully saturated rings. The van der Waals surface area contributed by atoms with Crippen molar-refractivity contribution in [3.8, 4) is 0 Å². The molecule has 29 heavy (non-hydrogen) atoms. The largest absolute Gasteiger partial charge is 0.756 e. The number of hydrogen-bond donors (Lipinski definition) is 0. The zero-order valence-corrected chi connectivity index (χ0v) is 19.2. The average Bonchev–Trinajstić information content (AvgIpc) is 3.05. The van der Waals surface area contributed by atoms with Gasteiger partial charge in [-0.2, -0.15) is 0 Å². The molecule has 0 aromatic carbocycles. The second-order valence-electron chi connectivity index (χ2n) is 7.45. The van der Waals surface area contributed by atoms with Crippen LogP contribution in [0.1, 0.15) is 27.7 Å². The molecule has 2 aliphatic rings. The molecule has 2 saturated heterocycles. The van der Waals surface area contributed by atoms with Gasteiger partial charge in [-0.25, -0.2) is 0 Å². The van der Waals surface area contributed by atoms with Crippen LogP contribution in [0.15, 0.2) is 0 Å². The predicted molar refractivity (Wildman–Crippen MR) is 96.8 cm³/mol. The Labute approximate surface area is 171 Å². The highest BCUT2D eigenvalue weighted by Gasteiger charge is 2.45. The van der Waals surface area contributed by atoms with Gasteiger partial charge in [-0.05, 0) is 13.8 Å². The van der Waals surface area contributed by atoms with Gasteiger partial charge >= 0.3 is 0 Å². The van der Waals surface area contributed by atoms with Crippen molar-refractivity contribution in [1.82, 2.24) is 0 Å². The Balaban J connectivity index is 2.00. The minimum absolute atomic E-state index is 0.172. The standard InChI is InChI=1S/C16H32O11P2/c1-9-11(3)24-13(7-21-5)15(9)27-29(19,20)23-8-14-16(10(2)12(4)25-14)26-28(17,18)22-6/h9-16H,7-8H2,1-6H3,(H,17,18)(H,19,20)/p-2/t9?,10?,11-,12-,13+,14+,15+,16+/m0/s1. The molecule has 2 aliphatic heterocycles. The Hall–Kier alpha value is 0.1000. The number of rotatable bonds is 10. The first-order chi connectivity index (χ1) is 13.4. The van der Waals surface area contributed by atoms with E-state index in [9.17, 15) is 18.9 Å². The van der Waals surface area contributed by atoms with E-state index in [1.807, 2.05) is 13.8 Å². The molecule has 0 aliphatic carbocycles. The minimum atomic E-state index is -4.74. The van der Waals surface area contributed by atoms with Crippen LogP contribution in [0.25, 0.3) is 0 Å². The SMILES string of the molecule is COC[C@H]1O[C@@H](C)C(C)[C@H]1OP(=O)([O-])OC[C@H]1O[C@@H](C)C(C)[C@H]1OP(=O)([O-])OC.